The quantitative estimate of drug-likeness (QED) is 0.318. The van der Waals surface area contributed by atoms with E-state index < -0.39 is 6.16 Å². The van der Waals surface area contributed by atoms with E-state index in [1.165, 1.54) is 11.3 Å². The molecule has 0 amide bonds. The van der Waals surface area contributed by atoms with Crippen molar-refractivity contribution in [3.8, 4) is 11.5 Å². The number of anilines is 1. The largest absolute Gasteiger partial charge is 0.511 e. The number of para-hydroxylation sites is 2. The first-order valence-electron chi connectivity index (χ1n) is 10.7. The first-order chi connectivity index (χ1) is 15.1. The first kappa shape index (κ1) is 21.1. The second-order valence-electron chi connectivity index (χ2n) is 7.85. The van der Waals surface area contributed by atoms with Gasteiger partial charge in [0.05, 0.1) is 12.8 Å². The molecule has 31 heavy (non-hydrogen) atoms. The average molecular weight is 424 g/mol. The molecule has 0 aliphatic carbocycles. The molecule has 2 heterocycles. The van der Waals surface area contributed by atoms with Crippen LogP contribution in [0.2, 0.25) is 0 Å². The highest BCUT2D eigenvalue weighted by molar-refractivity contribution is 5.85. The summed E-state index contributed by atoms with van der Waals surface area (Å²) in [5, 5.41) is 9.85. The van der Waals surface area contributed by atoms with Gasteiger partial charge in [0.25, 0.3) is 0 Å². The van der Waals surface area contributed by atoms with Crippen LogP contribution in [0.4, 0.5) is 10.5 Å². The summed E-state index contributed by atoms with van der Waals surface area (Å²) in [6, 6.07) is 13.5. The van der Waals surface area contributed by atoms with Crippen molar-refractivity contribution in [2.24, 2.45) is 0 Å². The predicted molar refractivity (Wildman–Crippen MR) is 122 cm³/mol. The molecule has 7 heteroatoms. The first-order valence-corrected chi connectivity index (χ1v) is 10.7. The Morgan fingerprint density at radius 2 is 1.90 bits per heavy atom. The van der Waals surface area contributed by atoms with Crippen molar-refractivity contribution in [3.05, 3.63) is 54.2 Å². The van der Waals surface area contributed by atoms with Gasteiger partial charge in [-0.1, -0.05) is 12.1 Å². The van der Waals surface area contributed by atoms with Crippen molar-refractivity contribution in [2.75, 3.05) is 44.7 Å². The Hall–Kier alpha value is -3.19. The molecule has 2 aromatic carbocycles. The summed E-state index contributed by atoms with van der Waals surface area (Å²) < 4.78 is 10.3. The summed E-state index contributed by atoms with van der Waals surface area (Å²) in [5.41, 5.74) is 3.38. The Morgan fingerprint density at radius 1 is 1.10 bits per heavy atom. The lowest BCUT2D eigenvalue weighted by atomic mass is 10.1. The number of carbonyl (C=O) groups is 1. The number of rotatable bonds is 8. The van der Waals surface area contributed by atoms with E-state index >= 15 is 0 Å². The van der Waals surface area contributed by atoms with Gasteiger partial charge in [0.1, 0.15) is 11.5 Å². The van der Waals surface area contributed by atoms with Gasteiger partial charge in [0, 0.05) is 43.3 Å². The standard InChI is InChI=1S/C24H29N3O4/c1-30-23-8-3-2-7-22(23)27-14-12-26(13-15-27)11-5-4-6-18-17-25-21-10-9-19(16-20(18)21)31-24(28)29/h2-3,7-10,16-17,25H,4-6,11-15H2,1H3,(H,28,29). The summed E-state index contributed by atoms with van der Waals surface area (Å²) in [7, 11) is 1.72. The Bertz CT molecular complexity index is 1020. The van der Waals surface area contributed by atoms with Gasteiger partial charge in [0.15, 0.2) is 0 Å². The number of fused-ring (bicyclic) bond motifs is 1. The second-order valence-corrected chi connectivity index (χ2v) is 7.85. The number of H-pyrrole nitrogens is 1. The van der Waals surface area contributed by atoms with E-state index in [0.29, 0.717) is 5.75 Å². The van der Waals surface area contributed by atoms with Crippen LogP contribution >= 0.6 is 0 Å². The van der Waals surface area contributed by atoms with Crippen molar-refractivity contribution in [3.63, 3.8) is 0 Å². The van der Waals surface area contributed by atoms with Crippen LogP contribution in [0.25, 0.3) is 10.9 Å². The highest BCUT2D eigenvalue weighted by atomic mass is 16.7. The summed E-state index contributed by atoms with van der Waals surface area (Å²) in [6.07, 6.45) is 3.90. The fourth-order valence-corrected chi connectivity index (χ4v) is 4.28. The molecule has 0 radical (unpaired) electrons. The molecule has 7 nitrogen and oxygen atoms in total. The third-order valence-corrected chi connectivity index (χ3v) is 5.91. The molecule has 1 aliphatic rings. The van der Waals surface area contributed by atoms with Crippen LogP contribution in [0.5, 0.6) is 11.5 Å². The van der Waals surface area contributed by atoms with E-state index in [9.17, 15) is 4.79 Å². The van der Waals surface area contributed by atoms with Gasteiger partial charge in [-0.25, -0.2) is 4.79 Å². The molecule has 0 spiro atoms. The average Bonchev–Trinajstić information content (AvgIpc) is 3.19. The molecule has 1 fully saturated rings. The summed E-state index contributed by atoms with van der Waals surface area (Å²) in [4.78, 5) is 19.0. The number of benzene rings is 2. The number of aromatic nitrogens is 1. The number of aryl methyl sites for hydroxylation is 1. The van der Waals surface area contributed by atoms with Gasteiger partial charge in [-0.3, -0.25) is 4.90 Å². The normalized spacial score (nSPS) is 14.7. The lowest BCUT2D eigenvalue weighted by molar-refractivity contribution is 0.144. The fourth-order valence-electron chi connectivity index (χ4n) is 4.28. The molecule has 1 aliphatic heterocycles. The number of nitrogens with one attached hydrogen (secondary N) is 1. The van der Waals surface area contributed by atoms with Crippen LogP contribution < -0.4 is 14.4 Å². The minimum absolute atomic E-state index is 0.355. The molecule has 1 aromatic heterocycles. The number of aromatic amines is 1. The van der Waals surface area contributed by atoms with Crippen molar-refractivity contribution in [2.45, 2.75) is 19.3 Å². The summed E-state index contributed by atoms with van der Waals surface area (Å²) in [6.45, 7) is 5.22. The van der Waals surface area contributed by atoms with Gasteiger partial charge in [-0.05, 0) is 61.7 Å². The van der Waals surface area contributed by atoms with Crippen LogP contribution in [0.15, 0.2) is 48.7 Å². The summed E-state index contributed by atoms with van der Waals surface area (Å²) in [5.74, 6) is 1.29. The Kier molecular flexibility index (Phi) is 6.62. The molecule has 0 atom stereocenters. The maximum atomic E-state index is 10.8. The van der Waals surface area contributed by atoms with Gasteiger partial charge >= 0.3 is 6.16 Å². The molecule has 164 valence electrons. The molecule has 0 unspecified atom stereocenters. The van der Waals surface area contributed by atoms with Crippen LogP contribution in [0.1, 0.15) is 18.4 Å². The van der Waals surface area contributed by atoms with E-state index in [0.717, 1.165) is 68.6 Å². The summed E-state index contributed by atoms with van der Waals surface area (Å²) >= 11 is 0. The molecule has 4 rings (SSSR count). The lowest BCUT2D eigenvalue weighted by Crippen LogP contribution is -2.46. The van der Waals surface area contributed by atoms with Crippen molar-refractivity contribution < 1.29 is 19.4 Å². The van der Waals surface area contributed by atoms with E-state index in [1.54, 1.807) is 19.2 Å². The topological polar surface area (TPSA) is 78.0 Å². The number of piperazine rings is 1. The molecule has 2 N–H and O–H groups in total. The third kappa shape index (κ3) is 5.11. The molecule has 3 aromatic rings. The molecule has 1 saturated heterocycles. The zero-order valence-electron chi connectivity index (χ0n) is 17.8. The van der Waals surface area contributed by atoms with Crippen molar-refractivity contribution in [1.29, 1.82) is 0 Å². The van der Waals surface area contributed by atoms with Gasteiger partial charge < -0.3 is 24.5 Å². The monoisotopic (exact) mass is 423 g/mol. The van der Waals surface area contributed by atoms with Gasteiger partial charge in [0.2, 0.25) is 0 Å². The molecular weight excluding hydrogens is 394 g/mol. The fraction of sp³-hybridized carbons (Fsp3) is 0.375. The number of carboxylic acid groups (broad SMARTS) is 1. The predicted octanol–water partition coefficient (Wildman–Crippen LogP) is 4.38. The van der Waals surface area contributed by atoms with E-state index in [4.69, 9.17) is 14.6 Å². The van der Waals surface area contributed by atoms with Crippen molar-refractivity contribution in [1.82, 2.24) is 9.88 Å². The van der Waals surface area contributed by atoms with Crippen LogP contribution in [0.3, 0.4) is 0 Å². The van der Waals surface area contributed by atoms with Crippen LogP contribution in [0, 0.1) is 0 Å². The Balaban J connectivity index is 1.24. The number of ether oxygens (including phenoxy) is 2. The van der Waals surface area contributed by atoms with Crippen LogP contribution in [-0.4, -0.2) is 61.0 Å². The minimum Gasteiger partial charge on any atom is -0.495 e. The number of hydrogen-bond acceptors (Lipinski definition) is 5. The maximum absolute atomic E-state index is 10.8. The van der Waals surface area contributed by atoms with Crippen molar-refractivity contribution >= 4 is 22.7 Å². The number of methoxy groups -OCH3 is 1. The minimum atomic E-state index is -1.29. The zero-order chi connectivity index (χ0) is 21.6. The van der Waals surface area contributed by atoms with E-state index in [2.05, 4.69) is 26.9 Å². The number of hydrogen-bond donors (Lipinski definition) is 2. The molecular formula is C24H29N3O4. The van der Waals surface area contributed by atoms with E-state index in [-0.39, 0.29) is 0 Å². The molecule has 0 saturated carbocycles. The third-order valence-electron chi connectivity index (χ3n) is 5.91. The van der Waals surface area contributed by atoms with Gasteiger partial charge in [-0.15, -0.1) is 0 Å². The Morgan fingerprint density at radius 3 is 2.68 bits per heavy atom. The highest BCUT2D eigenvalue weighted by Crippen LogP contribution is 2.28. The second kappa shape index (κ2) is 9.75. The van der Waals surface area contributed by atoms with Crippen LogP contribution in [-0.2, 0) is 6.42 Å². The highest BCUT2D eigenvalue weighted by Gasteiger charge is 2.19. The zero-order valence-corrected chi connectivity index (χ0v) is 17.8. The smallest absolute Gasteiger partial charge is 0.495 e. The Labute approximate surface area is 182 Å². The lowest BCUT2D eigenvalue weighted by Gasteiger charge is -2.36. The SMILES string of the molecule is COc1ccccc1N1CCN(CCCCc2c[nH]c3ccc(OC(=O)O)cc23)CC1. The molecule has 0 bridgehead atoms. The maximum Gasteiger partial charge on any atom is 0.511 e. The van der Waals surface area contributed by atoms with Gasteiger partial charge in [-0.2, -0.15) is 0 Å². The van der Waals surface area contributed by atoms with E-state index in [1.807, 2.05) is 24.4 Å². The number of nitrogens with zero attached hydrogens (tertiary/aromatic N) is 2. The number of unbranched alkanes of at least 4 members (excludes halogenated alkanes) is 1.